The van der Waals surface area contributed by atoms with E-state index in [4.69, 9.17) is 5.41 Å². The molecule has 0 radical (unpaired) electrons. The number of anilines is 1. The molecule has 1 aromatic carbocycles. The van der Waals surface area contributed by atoms with Crippen molar-refractivity contribution in [2.24, 2.45) is 0 Å². The van der Waals surface area contributed by atoms with Crippen LogP contribution < -0.4 is 4.90 Å². The van der Waals surface area contributed by atoms with E-state index in [1.165, 1.54) is 5.56 Å². The van der Waals surface area contributed by atoms with Crippen molar-refractivity contribution in [1.82, 2.24) is 4.98 Å². The zero-order chi connectivity index (χ0) is 11.0. The lowest BCUT2D eigenvalue weighted by molar-refractivity contribution is 1.04. The maximum absolute atomic E-state index is 8.12. The average molecular weight is 290 g/mol. The molecule has 17 heavy (non-hydrogen) atoms. The molecule has 0 saturated carbocycles. The van der Waals surface area contributed by atoms with Gasteiger partial charge in [-0.1, -0.05) is 24.3 Å². The number of rotatable bonds is 1. The first-order valence-electron chi connectivity index (χ1n) is 5.20. The van der Waals surface area contributed by atoms with Crippen LogP contribution in [0.4, 0.5) is 5.69 Å². The van der Waals surface area contributed by atoms with Crippen molar-refractivity contribution in [1.29, 1.82) is 5.41 Å². The second kappa shape index (κ2) is 4.67. The quantitative estimate of drug-likeness (QED) is 0.877. The number of nitrogens with zero attached hydrogens (tertiary/aromatic N) is 2. The minimum atomic E-state index is 0. The van der Waals surface area contributed by atoms with E-state index in [1.54, 1.807) is 12.4 Å². The summed E-state index contributed by atoms with van der Waals surface area (Å²) in [7, 11) is 0. The lowest BCUT2D eigenvalue weighted by atomic mass is 10.1. The fourth-order valence-corrected chi connectivity index (χ4v) is 2.02. The minimum absolute atomic E-state index is 0. The lowest BCUT2D eigenvalue weighted by Crippen LogP contribution is -2.22. The molecule has 3 nitrogen and oxygen atoms in total. The van der Waals surface area contributed by atoms with Gasteiger partial charge in [0, 0.05) is 11.8 Å². The van der Waals surface area contributed by atoms with Crippen molar-refractivity contribution in [2.45, 2.75) is 6.54 Å². The number of hydrogen-bond donors (Lipinski definition) is 1. The van der Waals surface area contributed by atoms with Gasteiger partial charge in [0.25, 0.3) is 0 Å². The van der Waals surface area contributed by atoms with Crippen molar-refractivity contribution < 1.29 is 0 Å². The summed E-state index contributed by atoms with van der Waals surface area (Å²) >= 11 is 0. The normalized spacial score (nSPS) is 13.2. The van der Waals surface area contributed by atoms with Crippen LogP contribution in [0.3, 0.4) is 0 Å². The summed E-state index contributed by atoms with van der Waals surface area (Å²) in [6.07, 6.45) is 3.54. The van der Waals surface area contributed by atoms with Crippen LogP contribution in [0.25, 0.3) is 0 Å². The summed E-state index contributed by atoms with van der Waals surface area (Å²) in [6.45, 7) is 0.765. The van der Waals surface area contributed by atoms with E-state index in [0.717, 1.165) is 17.8 Å². The number of pyridine rings is 1. The summed E-state index contributed by atoms with van der Waals surface area (Å²) in [5.41, 5.74) is 3.20. The maximum atomic E-state index is 8.12. The summed E-state index contributed by atoms with van der Waals surface area (Å²) in [6, 6.07) is 11.9. The molecular formula is C13H12BrN3. The zero-order valence-corrected chi connectivity index (χ0v) is 10.8. The average Bonchev–Trinajstić information content (AvgIpc) is 2.69. The highest BCUT2D eigenvalue weighted by Gasteiger charge is 2.24. The molecule has 1 aromatic heterocycles. The van der Waals surface area contributed by atoms with E-state index in [-0.39, 0.29) is 17.0 Å². The zero-order valence-electron chi connectivity index (χ0n) is 9.13. The van der Waals surface area contributed by atoms with Gasteiger partial charge in [0.05, 0.1) is 18.4 Å². The highest BCUT2D eigenvalue weighted by molar-refractivity contribution is 8.93. The number of aromatic nitrogens is 1. The molecule has 4 heteroatoms. The van der Waals surface area contributed by atoms with Gasteiger partial charge in [-0.2, -0.15) is 0 Å². The molecule has 86 valence electrons. The number of amidine groups is 1. The second-order valence-corrected chi connectivity index (χ2v) is 3.80. The van der Waals surface area contributed by atoms with E-state index in [2.05, 4.69) is 11.1 Å². The molecule has 0 aliphatic carbocycles. The van der Waals surface area contributed by atoms with E-state index in [1.807, 2.05) is 35.2 Å². The molecule has 2 heterocycles. The Balaban J connectivity index is 0.00000108. The van der Waals surface area contributed by atoms with Gasteiger partial charge in [-0.3, -0.25) is 10.4 Å². The molecule has 0 bridgehead atoms. The fraction of sp³-hybridized carbons (Fsp3) is 0.0769. The minimum Gasteiger partial charge on any atom is -0.320 e. The number of fused-ring (bicyclic) bond motifs is 1. The first kappa shape index (κ1) is 11.8. The molecule has 1 aliphatic rings. The van der Waals surface area contributed by atoms with Gasteiger partial charge in [-0.25, -0.2) is 0 Å². The molecule has 0 amide bonds. The Morgan fingerprint density at radius 2 is 1.94 bits per heavy atom. The Bertz CT molecular complexity index is 539. The number of hydrogen-bond acceptors (Lipinski definition) is 2. The fourth-order valence-electron chi connectivity index (χ4n) is 2.02. The number of nitrogens with one attached hydrogen (secondary N) is 1. The Labute approximate surface area is 110 Å². The van der Waals surface area contributed by atoms with Gasteiger partial charge < -0.3 is 4.90 Å². The molecule has 0 fully saturated rings. The smallest absolute Gasteiger partial charge is 0.133 e. The number of benzene rings is 1. The molecule has 0 spiro atoms. The Hall–Kier alpha value is -1.68. The van der Waals surface area contributed by atoms with Crippen LogP contribution in [0.2, 0.25) is 0 Å². The summed E-state index contributed by atoms with van der Waals surface area (Å²) in [4.78, 5) is 6.06. The van der Waals surface area contributed by atoms with Crippen LogP contribution in [-0.4, -0.2) is 10.8 Å². The monoisotopic (exact) mass is 289 g/mol. The third-order valence-electron chi connectivity index (χ3n) is 2.83. The van der Waals surface area contributed by atoms with Gasteiger partial charge in [0.2, 0.25) is 0 Å². The molecule has 1 N–H and O–H groups in total. The van der Waals surface area contributed by atoms with Crippen molar-refractivity contribution in [3.05, 3.63) is 59.9 Å². The van der Waals surface area contributed by atoms with E-state index in [0.29, 0.717) is 5.84 Å². The van der Waals surface area contributed by atoms with Crippen molar-refractivity contribution in [3.8, 4) is 0 Å². The first-order valence-corrected chi connectivity index (χ1v) is 5.20. The summed E-state index contributed by atoms with van der Waals surface area (Å²) in [5.74, 6) is 0.559. The Morgan fingerprint density at radius 3 is 2.65 bits per heavy atom. The van der Waals surface area contributed by atoms with Crippen LogP contribution in [0.5, 0.6) is 0 Å². The Kier molecular flexibility index (Phi) is 3.24. The van der Waals surface area contributed by atoms with E-state index in [9.17, 15) is 0 Å². The molecular weight excluding hydrogens is 278 g/mol. The topological polar surface area (TPSA) is 40.0 Å². The lowest BCUT2D eigenvalue weighted by Gasteiger charge is -2.16. The molecule has 0 saturated heterocycles. The van der Waals surface area contributed by atoms with E-state index < -0.39 is 0 Å². The van der Waals surface area contributed by atoms with Crippen molar-refractivity contribution in [3.63, 3.8) is 0 Å². The largest absolute Gasteiger partial charge is 0.320 e. The molecule has 0 unspecified atom stereocenters. The number of halogens is 1. The van der Waals surface area contributed by atoms with Gasteiger partial charge in [-0.05, 0) is 17.7 Å². The van der Waals surface area contributed by atoms with Crippen LogP contribution in [0.15, 0.2) is 48.8 Å². The van der Waals surface area contributed by atoms with Crippen LogP contribution in [0, 0.1) is 5.41 Å². The Morgan fingerprint density at radius 1 is 1.12 bits per heavy atom. The predicted octanol–water partition coefficient (Wildman–Crippen LogP) is 3.01. The maximum Gasteiger partial charge on any atom is 0.133 e. The van der Waals surface area contributed by atoms with Gasteiger partial charge >= 0.3 is 0 Å². The van der Waals surface area contributed by atoms with Crippen molar-refractivity contribution >= 4 is 28.5 Å². The molecule has 2 aromatic rings. The van der Waals surface area contributed by atoms with Gasteiger partial charge in [-0.15, -0.1) is 17.0 Å². The van der Waals surface area contributed by atoms with E-state index >= 15 is 0 Å². The standard InChI is InChI=1S/C13H11N3.BrH/c14-13-12-6-2-1-4-10(12)9-16(13)11-5-3-7-15-8-11;/h1-8,14H,9H2;1H. The molecule has 0 atom stereocenters. The second-order valence-electron chi connectivity index (χ2n) is 3.80. The highest BCUT2D eigenvalue weighted by Crippen LogP contribution is 2.26. The molecule has 1 aliphatic heterocycles. The first-order chi connectivity index (χ1) is 7.86. The molecule has 3 rings (SSSR count). The van der Waals surface area contributed by atoms with Crippen LogP contribution in [0.1, 0.15) is 11.1 Å². The van der Waals surface area contributed by atoms with Crippen LogP contribution in [-0.2, 0) is 6.54 Å². The summed E-state index contributed by atoms with van der Waals surface area (Å²) < 4.78 is 0. The highest BCUT2D eigenvalue weighted by atomic mass is 79.9. The van der Waals surface area contributed by atoms with Gasteiger partial charge in [0.15, 0.2) is 0 Å². The SMILES string of the molecule is Br.N=C1c2ccccc2CN1c1cccnc1. The summed E-state index contributed by atoms with van der Waals surface area (Å²) in [5, 5.41) is 8.12. The van der Waals surface area contributed by atoms with Crippen molar-refractivity contribution in [2.75, 3.05) is 4.90 Å². The third kappa shape index (κ3) is 1.96. The van der Waals surface area contributed by atoms with Crippen LogP contribution >= 0.6 is 17.0 Å². The van der Waals surface area contributed by atoms with Gasteiger partial charge in [0.1, 0.15) is 5.84 Å². The third-order valence-corrected chi connectivity index (χ3v) is 2.83. The predicted molar refractivity (Wildman–Crippen MR) is 74.0 cm³/mol.